The summed E-state index contributed by atoms with van der Waals surface area (Å²) in [6.45, 7) is 1.91. The molecule has 23 heavy (non-hydrogen) atoms. The van der Waals surface area contributed by atoms with Crippen molar-refractivity contribution >= 4 is 17.2 Å². The summed E-state index contributed by atoms with van der Waals surface area (Å²) in [6.07, 6.45) is 7.60. The zero-order valence-electron chi connectivity index (χ0n) is 13.0. The molecule has 2 atom stereocenters. The Hall–Kier alpha value is -1.95. The van der Waals surface area contributed by atoms with Crippen molar-refractivity contribution in [3.63, 3.8) is 0 Å². The van der Waals surface area contributed by atoms with Gasteiger partial charge in [-0.2, -0.15) is 0 Å². The van der Waals surface area contributed by atoms with E-state index in [1.165, 1.54) is 11.3 Å². The van der Waals surface area contributed by atoms with E-state index in [-0.39, 0.29) is 24.1 Å². The van der Waals surface area contributed by atoms with E-state index in [0.29, 0.717) is 0 Å². The number of ether oxygens (including phenoxy) is 1. The summed E-state index contributed by atoms with van der Waals surface area (Å²) >= 11 is 1.44. The average Bonchev–Trinajstić information content (AvgIpc) is 3.09. The molecule has 2 saturated heterocycles. The maximum Gasteiger partial charge on any atom is 0.266 e. The van der Waals surface area contributed by atoms with Gasteiger partial charge in [0, 0.05) is 31.1 Å². The van der Waals surface area contributed by atoms with E-state index in [2.05, 4.69) is 14.9 Å². The highest BCUT2D eigenvalue weighted by molar-refractivity contribution is 7.11. The quantitative estimate of drug-likeness (QED) is 0.868. The predicted molar refractivity (Wildman–Crippen MR) is 87.7 cm³/mol. The number of pyridine rings is 1. The van der Waals surface area contributed by atoms with Gasteiger partial charge in [0.15, 0.2) is 0 Å². The van der Waals surface area contributed by atoms with Gasteiger partial charge in [0.1, 0.15) is 16.7 Å². The number of rotatable bonds is 3. The van der Waals surface area contributed by atoms with E-state index in [0.717, 1.165) is 42.0 Å². The fourth-order valence-electron chi connectivity index (χ4n) is 3.79. The topological polar surface area (TPSA) is 55.3 Å². The van der Waals surface area contributed by atoms with Crippen molar-refractivity contribution < 1.29 is 9.53 Å². The Labute approximate surface area is 139 Å². The maximum absolute atomic E-state index is 12.9. The van der Waals surface area contributed by atoms with Gasteiger partial charge >= 0.3 is 0 Å². The van der Waals surface area contributed by atoms with Crippen LogP contribution in [0.25, 0.3) is 0 Å². The number of hydrogen-bond donors (Lipinski definition) is 0. The van der Waals surface area contributed by atoms with Crippen LogP contribution in [0.2, 0.25) is 0 Å². The minimum Gasteiger partial charge on any atom is -0.489 e. The fourth-order valence-corrected chi connectivity index (χ4v) is 4.53. The monoisotopic (exact) mass is 329 g/mol. The van der Waals surface area contributed by atoms with E-state index in [1.54, 1.807) is 17.9 Å². The van der Waals surface area contributed by atoms with Gasteiger partial charge in [0.25, 0.3) is 5.91 Å². The number of amides is 1. The number of carbonyl (C=O) groups is 1. The maximum atomic E-state index is 12.9. The standard InChI is InChI=1S/C17H19N3O2S/c1-11-16(23-10-19-11)17(21)20-12-4-5-13(20)8-15(7-12)22-14-3-2-6-18-9-14/h2-3,6,9-10,12-13,15H,4-5,7-8H2,1H3. The third-order valence-electron chi connectivity index (χ3n) is 4.80. The molecule has 2 aliphatic heterocycles. The molecule has 0 radical (unpaired) electrons. The van der Waals surface area contributed by atoms with Crippen molar-refractivity contribution in [2.24, 2.45) is 0 Å². The van der Waals surface area contributed by atoms with Crippen LogP contribution in [0.4, 0.5) is 0 Å². The average molecular weight is 329 g/mol. The predicted octanol–water partition coefficient (Wildman–Crippen LogP) is 3.06. The molecule has 0 aromatic carbocycles. The third kappa shape index (κ3) is 2.72. The zero-order valence-corrected chi connectivity index (χ0v) is 13.8. The molecule has 5 nitrogen and oxygen atoms in total. The van der Waals surface area contributed by atoms with E-state index < -0.39 is 0 Å². The molecule has 1 amide bonds. The van der Waals surface area contributed by atoms with Crippen LogP contribution in [0.1, 0.15) is 41.0 Å². The molecular weight excluding hydrogens is 310 g/mol. The van der Waals surface area contributed by atoms with Crippen molar-refractivity contribution in [2.75, 3.05) is 0 Å². The first kappa shape index (κ1) is 14.6. The van der Waals surface area contributed by atoms with Crippen LogP contribution in [0.15, 0.2) is 30.0 Å². The van der Waals surface area contributed by atoms with Gasteiger partial charge in [0.05, 0.1) is 17.4 Å². The van der Waals surface area contributed by atoms with E-state index >= 15 is 0 Å². The molecule has 0 aliphatic carbocycles. The number of aromatic nitrogens is 2. The summed E-state index contributed by atoms with van der Waals surface area (Å²) in [5.41, 5.74) is 2.59. The summed E-state index contributed by atoms with van der Waals surface area (Å²) in [5, 5.41) is 0. The van der Waals surface area contributed by atoms with Crippen LogP contribution in [-0.2, 0) is 0 Å². The molecule has 2 bridgehead atoms. The second kappa shape index (κ2) is 5.92. The minimum absolute atomic E-state index is 0.150. The van der Waals surface area contributed by atoms with E-state index in [9.17, 15) is 4.79 Å². The Bertz CT molecular complexity index is 689. The van der Waals surface area contributed by atoms with Crippen LogP contribution in [-0.4, -0.2) is 39.0 Å². The second-order valence-electron chi connectivity index (χ2n) is 6.26. The normalized spacial score (nSPS) is 26.3. The Kier molecular flexibility index (Phi) is 3.77. The Balaban J connectivity index is 1.48. The summed E-state index contributed by atoms with van der Waals surface area (Å²) in [6, 6.07) is 4.39. The first-order valence-electron chi connectivity index (χ1n) is 8.02. The summed E-state index contributed by atoms with van der Waals surface area (Å²) in [7, 11) is 0. The Morgan fingerprint density at radius 1 is 1.35 bits per heavy atom. The lowest BCUT2D eigenvalue weighted by Crippen LogP contribution is -2.49. The van der Waals surface area contributed by atoms with Crippen LogP contribution in [0, 0.1) is 6.92 Å². The van der Waals surface area contributed by atoms with Gasteiger partial charge in [-0.05, 0) is 31.9 Å². The lowest BCUT2D eigenvalue weighted by molar-refractivity contribution is 0.0361. The fraction of sp³-hybridized carbons (Fsp3) is 0.471. The van der Waals surface area contributed by atoms with Crippen LogP contribution >= 0.6 is 11.3 Å². The van der Waals surface area contributed by atoms with E-state index in [1.807, 2.05) is 19.1 Å². The minimum atomic E-state index is 0.150. The van der Waals surface area contributed by atoms with Crippen LogP contribution < -0.4 is 4.74 Å². The van der Waals surface area contributed by atoms with Gasteiger partial charge in [-0.1, -0.05) is 0 Å². The highest BCUT2D eigenvalue weighted by atomic mass is 32.1. The lowest BCUT2D eigenvalue weighted by atomic mass is 9.99. The summed E-state index contributed by atoms with van der Waals surface area (Å²) < 4.78 is 6.07. The van der Waals surface area contributed by atoms with Crippen LogP contribution in [0.5, 0.6) is 5.75 Å². The van der Waals surface area contributed by atoms with Gasteiger partial charge < -0.3 is 9.64 Å². The number of carbonyl (C=O) groups excluding carboxylic acids is 1. The molecule has 0 saturated carbocycles. The second-order valence-corrected chi connectivity index (χ2v) is 7.12. The summed E-state index contributed by atoms with van der Waals surface area (Å²) in [5.74, 6) is 0.965. The van der Waals surface area contributed by atoms with Gasteiger partial charge in [-0.15, -0.1) is 11.3 Å². The molecule has 2 aliphatic rings. The van der Waals surface area contributed by atoms with Crippen molar-refractivity contribution in [2.45, 2.75) is 50.8 Å². The molecule has 4 rings (SSSR count). The first-order valence-corrected chi connectivity index (χ1v) is 8.90. The highest BCUT2D eigenvalue weighted by Crippen LogP contribution is 2.38. The number of piperidine rings is 1. The largest absolute Gasteiger partial charge is 0.489 e. The molecule has 2 unspecified atom stereocenters. The molecule has 4 heterocycles. The summed E-state index contributed by atoms with van der Waals surface area (Å²) in [4.78, 5) is 24.0. The SMILES string of the molecule is Cc1ncsc1C(=O)N1C2CCC1CC(Oc1cccnc1)C2. The van der Waals surface area contributed by atoms with Crippen molar-refractivity contribution in [3.8, 4) is 5.75 Å². The van der Waals surface area contributed by atoms with Gasteiger partial charge in [0.2, 0.25) is 0 Å². The van der Waals surface area contributed by atoms with Crippen LogP contribution in [0.3, 0.4) is 0 Å². The molecular formula is C17H19N3O2S. The zero-order chi connectivity index (χ0) is 15.8. The number of hydrogen-bond acceptors (Lipinski definition) is 5. The van der Waals surface area contributed by atoms with Gasteiger partial charge in [-0.3, -0.25) is 9.78 Å². The Morgan fingerprint density at radius 3 is 2.74 bits per heavy atom. The number of thiazole rings is 1. The Morgan fingerprint density at radius 2 is 2.13 bits per heavy atom. The number of fused-ring (bicyclic) bond motifs is 2. The highest BCUT2D eigenvalue weighted by Gasteiger charge is 2.44. The lowest BCUT2D eigenvalue weighted by Gasteiger charge is -2.38. The van der Waals surface area contributed by atoms with Gasteiger partial charge in [-0.25, -0.2) is 4.98 Å². The molecule has 6 heteroatoms. The van der Waals surface area contributed by atoms with Crippen molar-refractivity contribution in [3.05, 3.63) is 40.6 Å². The van der Waals surface area contributed by atoms with Crippen molar-refractivity contribution in [1.29, 1.82) is 0 Å². The number of aryl methyl sites for hydroxylation is 1. The number of nitrogens with zero attached hydrogens (tertiary/aromatic N) is 3. The molecule has 0 N–H and O–H groups in total. The van der Waals surface area contributed by atoms with E-state index in [4.69, 9.17) is 4.74 Å². The molecule has 0 spiro atoms. The third-order valence-corrected chi connectivity index (χ3v) is 5.72. The first-order chi connectivity index (χ1) is 11.2. The molecule has 2 aromatic heterocycles. The smallest absolute Gasteiger partial charge is 0.266 e. The molecule has 120 valence electrons. The molecule has 2 fully saturated rings. The van der Waals surface area contributed by atoms with Crippen molar-refractivity contribution in [1.82, 2.24) is 14.9 Å². The molecule has 2 aromatic rings.